The number of amides is 1. The van der Waals surface area contributed by atoms with Crippen molar-refractivity contribution >= 4 is 27.5 Å². The van der Waals surface area contributed by atoms with Gasteiger partial charge in [-0.1, -0.05) is 13.8 Å². The number of carbonyl (C=O) groups excluding carboxylic acids is 1. The van der Waals surface area contributed by atoms with Crippen LogP contribution in [0.5, 0.6) is 0 Å². The van der Waals surface area contributed by atoms with Gasteiger partial charge in [0.2, 0.25) is 0 Å². The van der Waals surface area contributed by atoms with Crippen molar-refractivity contribution < 1.29 is 14.6 Å². The highest BCUT2D eigenvalue weighted by molar-refractivity contribution is 7.20. The smallest absolute Gasteiger partial charge is 0.263 e. The van der Waals surface area contributed by atoms with Crippen LogP contribution in [0.3, 0.4) is 0 Å². The average Bonchev–Trinajstić information content (AvgIpc) is 2.99. The molecule has 7 heteroatoms. The molecule has 22 heavy (non-hydrogen) atoms. The minimum absolute atomic E-state index is 0.0916. The number of hydrogen-bond donors (Lipinski definition) is 1. The van der Waals surface area contributed by atoms with Gasteiger partial charge in [0.25, 0.3) is 5.91 Å². The first-order chi connectivity index (χ1) is 10.3. The highest BCUT2D eigenvalue weighted by Gasteiger charge is 2.21. The van der Waals surface area contributed by atoms with E-state index in [-0.39, 0.29) is 19.1 Å². The van der Waals surface area contributed by atoms with Crippen LogP contribution in [0.25, 0.3) is 10.2 Å². The van der Waals surface area contributed by atoms with Gasteiger partial charge in [-0.05, 0) is 12.0 Å². The van der Waals surface area contributed by atoms with Gasteiger partial charge in [0.05, 0.1) is 23.3 Å². The molecule has 0 aliphatic carbocycles. The lowest BCUT2D eigenvalue weighted by atomic mass is 10.1. The van der Waals surface area contributed by atoms with E-state index < -0.39 is 6.10 Å². The maximum absolute atomic E-state index is 12.5. The van der Waals surface area contributed by atoms with Gasteiger partial charge < -0.3 is 14.7 Å². The van der Waals surface area contributed by atoms with Gasteiger partial charge in [-0.25, -0.2) is 0 Å². The summed E-state index contributed by atoms with van der Waals surface area (Å²) in [6.07, 6.45) is -0.679. The molecular formula is C15H23N3O3S. The molecule has 0 saturated heterocycles. The predicted molar refractivity (Wildman–Crippen MR) is 87.5 cm³/mol. The fourth-order valence-corrected chi connectivity index (χ4v) is 3.50. The molecule has 0 spiro atoms. The number of hydrogen-bond acceptors (Lipinski definition) is 5. The van der Waals surface area contributed by atoms with Crippen molar-refractivity contribution in [2.75, 3.05) is 27.3 Å². The average molecular weight is 325 g/mol. The molecule has 0 radical (unpaired) electrons. The van der Waals surface area contributed by atoms with Gasteiger partial charge in [-0.15, -0.1) is 11.3 Å². The van der Waals surface area contributed by atoms with E-state index in [0.717, 1.165) is 15.9 Å². The first-order valence-electron chi connectivity index (χ1n) is 7.24. The minimum Gasteiger partial charge on any atom is -0.389 e. The molecule has 1 unspecified atom stereocenters. The normalized spacial score (nSPS) is 13.0. The van der Waals surface area contributed by atoms with Crippen LogP contribution in [0.15, 0.2) is 6.07 Å². The number of aromatic nitrogens is 2. The van der Waals surface area contributed by atoms with Gasteiger partial charge in [-0.3, -0.25) is 9.48 Å². The second-order valence-corrected chi connectivity index (χ2v) is 6.82. The number of aliphatic hydroxyl groups is 1. The molecule has 1 atom stereocenters. The van der Waals surface area contributed by atoms with Gasteiger partial charge in [0, 0.05) is 33.1 Å². The van der Waals surface area contributed by atoms with Crippen molar-refractivity contribution in [3.05, 3.63) is 16.6 Å². The molecule has 2 heterocycles. The Hall–Kier alpha value is -1.44. The van der Waals surface area contributed by atoms with Crippen molar-refractivity contribution in [3.8, 4) is 0 Å². The summed E-state index contributed by atoms with van der Waals surface area (Å²) in [6, 6.07) is 1.91. The van der Waals surface area contributed by atoms with Crippen LogP contribution < -0.4 is 0 Å². The van der Waals surface area contributed by atoms with Crippen LogP contribution in [0.4, 0.5) is 0 Å². The van der Waals surface area contributed by atoms with E-state index in [1.54, 1.807) is 7.05 Å². The Morgan fingerprint density at radius 2 is 2.23 bits per heavy atom. The van der Waals surface area contributed by atoms with E-state index in [9.17, 15) is 9.90 Å². The molecule has 0 aromatic carbocycles. The number of thiophene rings is 1. The molecule has 0 aliphatic rings. The van der Waals surface area contributed by atoms with Crippen molar-refractivity contribution in [1.29, 1.82) is 0 Å². The fraction of sp³-hybridized carbons (Fsp3) is 0.600. The Kier molecular flexibility index (Phi) is 5.20. The Labute approximate surface area is 134 Å². The highest BCUT2D eigenvalue weighted by Crippen LogP contribution is 2.32. The molecule has 2 aromatic heterocycles. The number of ether oxygens (including phenoxy) is 1. The summed E-state index contributed by atoms with van der Waals surface area (Å²) in [7, 11) is 5.11. The monoisotopic (exact) mass is 325 g/mol. The molecular weight excluding hydrogens is 302 g/mol. The largest absolute Gasteiger partial charge is 0.389 e. The van der Waals surface area contributed by atoms with Crippen LogP contribution >= 0.6 is 11.3 Å². The SMILES string of the molecule is COCC(O)CN(C)C(=O)c1cc2c(C(C)C)nn(C)c2s1. The van der Waals surface area contributed by atoms with Crippen molar-refractivity contribution in [3.63, 3.8) is 0 Å². The molecule has 6 nitrogen and oxygen atoms in total. The van der Waals surface area contributed by atoms with Gasteiger partial charge in [0.15, 0.2) is 0 Å². The number of nitrogens with zero attached hydrogens (tertiary/aromatic N) is 3. The van der Waals surface area contributed by atoms with E-state index >= 15 is 0 Å². The van der Waals surface area contributed by atoms with Crippen molar-refractivity contribution in [2.24, 2.45) is 7.05 Å². The van der Waals surface area contributed by atoms with Crippen molar-refractivity contribution in [2.45, 2.75) is 25.9 Å². The molecule has 122 valence electrons. The number of fused-ring (bicyclic) bond motifs is 1. The van der Waals surface area contributed by atoms with Gasteiger partial charge in [-0.2, -0.15) is 5.10 Å². The van der Waals surface area contributed by atoms with E-state index in [1.165, 1.54) is 23.3 Å². The molecule has 1 N–H and O–H groups in total. The van der Waals surface area contributed by atoms with E-state index in [1.807, 2.05) is 17.8 Å². The number of rotatable bonds is 6. The fourth-order valence-electron chi connectivity index (χ4n) is 2.43. The lowest BCUT2D eigenvalue weighted by molar-refractivity contribution is 0.0382. The summed E-state index contributed by atoms with van der Waals surface area (Å²) in [4.78, 5) is 15.7. The first kappa shape index (κ1) is 16.9. The number of methoxy groups -OCH3 is 1. The third-order valence-corrected chi connectivity index (χ3v) is 4.68. The summed E-state index contributed by atoms with van der Waals surface area (Å²) >= 11 is 1.44. The lowest BCUT2D eigenvalue weighted by Crippen LogP contribution is -2.35. The van der Waals surface area contributed by atoms with Crippen LogP contribution in [0, 0.1) is 0 Å². The molecule has 0 saturated carbocycles. The summed E-state index contributed by atoms with van der Waals surface area (Å²) in [5.74, 6) is 0.216. The number of likely N-dealkylation sites (N-methyl/N-ethyl adjacent to an activating group) is 1. The predicted octanol–water partition coefficient (Wildman–Crippen LogP) is 1.84. The molecule has 0 aliphatic heterocycles. The quantitative estimate of drug-likeness (QED) is 0.880. The molecule has 1 amide bonds. The van der Waals surface area contributed by atoms with Crippen LogP contribution in [0.2, 0.25) is 0 Å². The maximum Gasteiger partial charge on any atom is 0.263 e. The third kappa shape index (κ3) is 3.31. The summed E-state index contributed by atoms with van der Waals surface area (Å²) < 4.78 is 6.71. The molecule has 0 fully saturated rings. The Bertz CT molecular complexity index is 662. The topological polar surface area (TPSA) is 67.6 Å². The highest BCUT2D eigenvalue weighted by atomic mass is 32.1. The van der Waals surface area contributed by atoms with Crippen LogP contribution in [-0.4, -0.2) is 59.1 Å². The van der Waals surface area contributed by atoms with Crippen LogP contribution in [0.1, 0.15) is 35.1 Å². The number of aliphatic hydroxyl groups excluding tert-OH is 1. The summed E-state index contributed by atoms with van der Waals surface area (Å²) in [6.45, 7) is 4.64. The van der Waals surface area contributed by atoms with E-state index in [4.69, 9.17) is 4.74 Å². The third-order valence-electron chi connectivity index (χ3n) is 3.49. The standard InChI is InChI=1S/C15H23N3O3S/c1-9(2)13-11-6-12(22-15(11)18(4)16-13)14(20)17(3)7-10(19)8-21-5/h6,9-10,19H,7-8H2,1-5H3. The zero-order valence-corrected chi connectivity index (χ0v) is 14.5. The van der Waals surface area contributed by atoms with E-state index in [0.29, 0.717) is 10.8 Å². The van der Waals surface area contributed by atoms with Gasteiger partial charge >= 0.3 is 0 Å². The summed E-state index contributed by atoms with van der Waals surface area (Å²) in [5, 5.41) is 15.3. The maximum atomic E-state index is 12.5. The lowest BCUT2D eigenvalue weighted by Gasteiger charge is -2.19. The van der Waals surface area contributed by atoms with Crippen molar-refractivity contribution in [1.82, 2.24) is 14.7 Å². The summed E-state index contributed by atoms with van der Waals surface area (Å²) in [5.41, 5.74) is 1.01. The van der Waals surface area contributed by atoms with E-state index in [2.05, 4.69) is 18.9 Å². The zero-order valence-electron chi connectivity index (χ0n) is 13.7. The van der Waals surface area contributed by atoms with Crippen LogP contribution in [-0.2, 0) is 11.8 Å². The second kappa shape index (κ2) is 6.76. The Morgan fingerprint density at radius 3 is 2.82 bits per heavy atom. The number of aryl methyl sites for hydroxylation is 1. The minimum atomic E-state index is -0.679. The molecule has 2 rings (SSSR count). The van der Waals surface area contributed by atoms with Gasteiger partial charge in [0.1, 0.15) is 4.83 Å². The Balaban J connectivity index is 2.23. The molecule has 0 bridgehead atoms. The molecule has 2 aromatic rings. The number of carbonyl (C=O) groups is 1. The first-order valence-corrected chi connectivity index (χ1v) is 8.05. The zero-order chi connectivity index (χ0) is 16.4. The second-order valence-electron chi connectivity index (χ2n) is 5.79. The Morgan fingerprint density at radius 1 is 1.55 bits per heavy atom.